The van der Waals surface area contributed by atoms with Gasteiger partial charge < -0.3 is 10.5 Å². The minimum atomic E-state index is -0.0851. The van der Waals surface area contributed by atoms with Gasteiger partial charge in [-0.2, -0.15) is 0 Å². The summed E-state index contributed by atoms with van der Waals surface area (Å²) in [5.74, 6) is 0. The number of nitrogens with two attached hydrogens (primary N) is 1. The van der Waals surface area contributed by atoms with E-state index in [0.717, 1.165) is 32.5 Å². The fourth-order valence-corrected chi connectivity index (χ4v) is 3.22. The Morgan fingerprint density at radius 2 is 1.65 bits per heavy atom. The Bertz CT molecular complexity index is 243. The van der Waals surface area contributed by atoms with Crippen LogP contribution in [0.3, 0.4) is 0 Å². The molecule has 1 aliphatic heterocycles. The lowest BCUT2D eigenvalue weighted by Gasteiger charge is -2.49. The predicted octanol–water partition coefficient (Wildman–Crippen LogP) is 2.39. The van der Waals surface area contributed by atoms with E-state index in [1.54, 1.807) is 0 Å². The summed E-state index contributed by atoms with van der Waals surface area (Å²) in [4.78, 5) is 2.46. The van der Waals surface area contributed by atoms with Crippen LogP contribution in [0.2, 0.25) is 0 Å². The van der Waals surface area contributed by atoms with Gasteiger partial charge in [0.05, 0.1) is 11.2 Å². The summed E-state index contributed by atoms with van der Waals surface area (Å²) in [6.07, 6.45) is 2.22. The van der Waals surface area contributed by atoms with Crippen molar-refractivity contribution < 1.29 is 4.74 Å². The first-order valence-corrected chi connectivity index (χ1v) is 6.77. The summed E-state index contributed by atoms with van der Waals surface area (Å²) < 4.78 is 6.08. The molecule has 0 aliphatic carbocycles. The Morgan fingerprint density at radius 1 is 1.18 bits per heavy atom. The second kappa shape index (κ2) is 4.87. The zero-order valence-electron chi connectivity index (χ0n) is 12.5. The Morgan fingerprint density at radius 3 is 2.06 bits per heavy atom. The molecule has 17 heavy (non-hydrogen) atoms. The van der Waals surface area contributed by atoms with Gasteiger partial charge in [-0.25, -0.2) is 0 Å². The molecule has 1 aliphatic rings. The maximum absolute atomic E-state index is 6.35. The number of nitrogens with zero attached hydrogens (tertiary/aromatic N) is 1. The van der Waals surface area contributed by atoms with Gasteiger partial charge in [0.25, 0.3) is 0 Å². The van der Waals surface area contributed by atoms with Gasteiger partial charge in [-0.15, -0.1) is 0 Å². The SMILES string of the molecule is CCCC(C)(N)CN1CC(C)(C)OC(C)(C)C1. The lowest BCUT2D eigenvalue weighted by Crippen LogP contribution is -2.61. The van der Waals surface area contributed by atoms with Crippen LogP contribution in [0.5, 0.6) is 0 Å². The summed E-state index contributed by atoms with van der Waals surface area (Å²) in [6.45, 7) is 15.9. The Balaban J connectivity index is 2.65. The van der Waals surface area contributed by atoms with Crippen molar-refractivity contribution in [2.24, 2.45) is 5.73 Å². The van der Waals surface area contributed by atoms with Crippen molar-refractivity contribution in [2.75, 3.05) is 19.6 Å². The Kier molecular flexibility index (Phi) is 4.28. The van der Waals surface area contributed by atoms with Gasteiger partial charge in [-0.1, -0.05) is 13.3 Å². The second-order valence-electron chi connectivity index (χ2n) is 7.17. The van der Waals surface area contributed by atoms with Gasteiger partial charge >= 0.3 is 0 Å². The number of morpholine rings is 1. The molecule has 0 bridgehead atoms. The average Bonchev–Trinajstić information content (AvgIpc) is 1.94. The molecule has 1 unspecified atom stereocenters. The normalized spacial score (nSPS) is 27.7. The molecule has 0 aromatic heterocycles. The molecule has 102 valence electrons. The highest BCUT2D eigenvalue weighted by molar-refractivity contribution is 4.93. The molecule has 2 N–H and O–H groups in total. The van der Waals surface area contributed by atoms with Crippen LogP contribution in [0.25, 0.3) is 0 Å². The first-order valence-electron chi connectivity index (χ1n) is 6.77. The van der Waals surface area contributed by atoms with E-state index < -0.39 is 0 Å². The van der Waals surface area contributed by atoms with Crippen molar-refractivity contribution in [3.8, 4) is 0 Å². The van der Waals surface area contributed by atoms with E-state index in [2.05, 4.69) is 46.4 Å². The first kappa shape index (κ1) is 14.9. The number of rotatable bonds is 4. The van der Waals surface area contributed by atoms with Gasteiger partial charge in [0, 0.05) is 25.2 Å². The third-order valence-corrected chi connectivity index (χ3v) is 3.17. The zero-order valence-corrected chi connectivity index (χ0v) is 12.5. The molecular formula is C14H30N2O. The van der Waals surface area contributed by atoms with E-state index in [0.29, 0.717) is 0 Å². The summed E-state index contributed by atoms with van der Waals surface area (Å²) >= 11 is 0. The van der Waals surface area contributed by atoms with E-state index in [9.17, 15) is 0 Å². The Hall–Kier alpha value is -0.120. The molecule has 0 aromatic carbocycles. The van der Waals surface area contributed by atoms with Crippen molar-refractivity contribution in [1.29, 1.82) is 0 Å². The second-order valence-corrected chi connectivity index (χ2v) is 7.17. The lowest BCUT2D eigenvalue weighted by atomic mass is 9.93. The highest BCUT2D eigenvalue weighted by atomic mass is 16.5. The van der Waals surface area contributed by atoms with Gasteiger partial charge in [0.1, 0.15) is 0 Å². The molecule has 0 amide bonds. The van der Waals surface area contributed by atoms with Crippen LogP contribution in [0.15, 0.2) is 0 Å². The molecule has 1 atom stereocenters. The van der Waals surface area contributed by atoms with Gasteiger partial charge in [-0.3, -0.25) is 4.90 Å². The van der Waals surface area contributed by atoms with E-state index >= 15 is 0 Å². The van der Waals surface area contributed by atoms with Crippen LogP contribution in [-0.2, 0) is 4.74 Å². The van der Waals surface area contributed by atoms with E-state index in [4.69, 9.17) is 10.5 Å². The van der Waals surface area contributed by atoms with Crippen molar-refractivity contribution in [3.63, 3.8) is 0 Å². The molecule has 3 heteroatoms. The molecular weight excluding hydrogens is 212 g/mol. The zero-order chi connectivity index (χ0) is 13.3. The fraction of sp³-hybridized carbons (Fsp3) is 1.00. The van der Waals surface area contributed by atoms with Crippen LogP contribution in [0.4, 0.5) is 0 Å². The van der Waals surface area contributed by atoms with Crippen LogP contribution in [0, 0.1) is 0 Å². The molecule has 3 nitrogen and oxygen atoms in total. The topological polar surface area (TPSA) is 38.5 Å². The summed E-state index contributed by atoms with van der Waals surface area (Å²) in [6, 6.07) is 0. The quantitative estimate of drug-likeness (QED) is 0.822. The number of hydrogen-bond acceptors (Lipinski definition) is 3. The summed E-state index contributed by atoms with van der Waals surface area (Å²) in [5, 5.41) is 0. The third-order valence-electron chi connectivity index (χ3n) is 3.17. The summed E-state index contributed by atoms with van der Waals surface area (Å²) in [5.41, 5.74) is 6.11. The first-order chi connectivity index (χ1) is 7.55. The van der Waals surface area contributed by atoms with Gasteiger partial charge in [-0.05, 0) is 41.0 Å². The largest absolute Gasteiger partial charge is 0.367 e. The average molecular weight is 242 g/mol. The highest BCUT2D eigenvalue weighted by Crippen LogP contribution is 2.29. The van der Waals surface area contributed by atoms with Gasteiger partial charge in [0.15, 0.2) is 0 Å². The molecule has 0 saturated carbocycles. The molecule has 0 radical (unpaired) electrons. The molecule has 1 fully saturated rings. The van der Waals surface area contributed by atoms with Crippen molar-refractivity contribution >= 4 is 0 Å². The standard InChI is InChI=1S/C14H30N2O/c1-7-8-14(6,15)11-16-9-12(2,3)17-13(4,5)10-16/h7-11,15H2,1-6H3. The van der Waals surface area contributed by atoms with Crippen molar-refractivity contribution in [3.05, 3.63) is 0 Å². The van der Waals surface area contributed by atoms with E-state index in [1.807, 2.05) is 0 Å². The summed E-state index contributed by atoms with van der Waals surface area (Å²) in [7, 11) is 0. The van der Waals surface area contributed by atoms with E-state index in [1.165, 1.54) is 0 Å². The lowest BCUT2D eigenvalue weighted by molar-refractivity contribution is -0.182. The van der Waals surface area contributed by atoms with Crippen LogP contribution < -0.4 is 5.73 Å². The van der Waals surface area contributed by atoms with Crippen LogP contribution in [-0.4, -0.2) is 41.3 Å². The minimum absolute atomic E-state index is 0.0793. The molecule has 0 spiro atoms. The third kappa shape index (κ3) is 4.94. The maximum Gasteiger partial charge on any atom is 0.0760 e. The van der Waals surface area contributed by atoms with Crippen molar-refractivity contribution in [1.82, 2.24) is 4.90 Å². The monoisotopic (exact) mass is 242 g/mol. The smallest absolute Gasteiger partial charge is 0.0760 e. The molecule has 1 saturated heterocycles. The minimum Gasteiger partial charge on any atom is -0.367 e. The molecule has 1 rings (SSSR count). The molecule has 0 aromatic rings. The fourth-order valence-electron chi connectivity index (χ4n) is 3.22. The highest BCUT2D eigenvalue weighted by Gasteiger charge is 2.39. The number of ether oxygens (including phenoxy) is 1. The number of hydrogen-bond donors (Lipinski definition) is 1. The maximum atomic E-state index is 6.35. The van der Waals surface area contributed by atoms with Gasteiger partial charge in [0.2, 0.25) is 0 Å². The van der Waals surface area contributed by atoms with Crippen LogP contribution in [0.1, 0.15) is 54.4 Å². The Labute approximate surface area is 107 Å². The predicted molar refractivity (Wildman–Crippen MR) is 73.2 cm³/mol. The van der Waals surface area contributed by atoms with Crippen molar-refractivity contribution in [2.45, 2.75) is 71.1 Å². The molecule has 1 heterocycles. The van der Waals surface area contributed by atoms with Crippen LogP contribution >= 0.6 is 0 Å². The van der Waals surface area contributed by atoms with E-state index in [-0.39, 0.29) is 16.7 Å².